The summed E-state index contributed by atoms with van der Waals surface area (Å²) in [6.45, 7) is 3.22. The van der Waals surface area contributed by atoms with E-state index in [1.807, 2.05) is 13.1 Å². The van der Waals surface area contributed by atoms with Crippen molar-refractivity contribution in [2.24, 2.45) is 0 Å². The van der Waals surface area contributed by atoms with Crippen LogP contribution in [0.15, 0.2) is 36.7 Å². The van der Waals surface area contributed by atoms with Gasteiger partial charge in [-0.1, -0.05) is 12.1 Å². The van der Waals surface area contributed by atoms with Gasteiger partial charge in [-0.3, -0.25) is 4.68 Å². The third-order valence-electron chi connectivity index (χ3n) is 2.74. The van der Waals surface area contributed by atoms with Crippen LogP contribution >= 0.6 is 0 Å². The second-order valence-corrected chi connectivity index (χ2v) is 4.13. The average molecular weight is 269 g/mol. The van der Waals surface area contributed by atoms with Crippen molar-refractivity contribution in [2.45, 2.75) is 26.2 Å². The number of hydrogen-bond donors (Lipinski definition) is 1. The first-order valence-electron chi connectivity index (χ1n) is 5.91. The fourth-order valence-corrected chi connectivity index (χ4v) is 1.64. The van der Waals surface area contributed by atoms with Gasteiger partial charge in [0.1, 0.15) is 0 Å². The Bertz CT molecular complexity index is 529. The van der Waals surface area contributed by atoms with Gasteiger partial charge >= 0.3 is 6.18 Å². The molecule has 0 aliphatic heterocycles. The molecule has 0 aliphatic carbocycles. The molecule has 2 aromatic rings. The number of anilines is 1. The Morgan fingerprint density at radius 3 is 2.42 bits per heavy atom. The molecule has 0 unspecified atom stereocenters. The molecule has 0 fully saturated rings. The quantitative estimate of drug-likeness (QED) is 0.920. The predicted molar refractivity (Wildman–Crippen MR) is 66.7 cm³/mol. The zero-order valence-electron chi connectivity index (χ0n) is 10.4. The molecule has 1 N–H and O–H groups in total. The minimum absolute atomic E-state index is 0.466. The van der Waals surface area contributed by atoms with Crippen molar-refractivity contribution in [3.05, 3.63) is 47.8 Å². The lowest BCUT2D eigenvalue weighted by atomic mass is 10.1. The summed E-state index contributed by atoms with van der Waals surface area (Å²) < 4.78 is 38.9. The van der Waals surface area contributed by atoms with Gasteiger partial charge in [0.2, 0.25) is 0 Å². The Balaban J connectivity index is 1.96. The van der Waals surface area contributed by atoms with Gasteiger partial charge in [0.15, 0.2) is 0 Å². The first-order valence-corrected chi connectivity index (χ1v) is 5.91. The van der Waals surface area contributed by atoms with E-state index in [-0.39, 0.29) is 0 Å². The molecule has 19 heavy (non-hydrogen) atoms. The minimum atomic E-state index is -4.28. The number of benzene rings is 1. The number of halogens is 3. The van der Waals surface area contributed by atoms with Gasteiger partial charge in [-0.25, -0.2) is 0 Å². The van der Waals surface area contributed by atoms with Gasteiger partial charge in [-0.2, -0.15) is 18.3 Å². The maximum atomic E-state index is 12.4. The summed E-state index contributed by atoms with van der Waals surface area (Å²) in [5.74, 6) is 0. The van der Waals surface area contributed by atoms with Crippen molar-refractivity contribution in [1.82, 2.24) is 9.78 Å². The monoisotopic (exact) mass is 269 g/mol. The summed E-state index contributed by atoms with van der Waals surface area (Å²) in [6.07, 6.45) is -0.744. The molecule has 102 valence electrons. The molecule has 0 radical (unpaired) electrons. The van der Waals surface area contributed by atoms with E-state index in [9.17, 15) is 13.2 Å². The van der Waals surface area contributed by atoms with E-state index in [1.165, 1.54) is 12.1 Å². The molecule has 3 nitrogen and oxygen atoms in total. The summed E-state index contributed by atoms with van der Waals surface area (Å²) in [5, 5.41) is 7.21. The highest BCUT2D eigenvalue weighted by Gasteiger charge is 2.29. The number of nitrogens with zero attached hydrogens (tertiary/aromatic N) is 2. The number of rotatable bonds is 4. The molecule has 2 rings (SSSR count). The maximum absolute atomic E-state index is 12.4. The van der Waals surface area contributed by atoms with Crippen LogP contribution in [0.25, 0.3) is 0 Å². The van der Waals surface area contributed by atoms with E-state index < -0.39 is 11.7 Å². The average Bonchev–Trinajstić information content (AvgIpc) is 2.84. The molecule has 0 atom stereocenters. The van der Waals surface area contributed by atoms with Crippen molar-refractivity contribution in [3.63, 3.8) is 0 Å². The molecular formula is C13H14F3N3. The molecule has 1 aromatic carbocycles. The molecule has 1 heterocycles. The SMILES string of the molecule is CCn1cc(NCc2ccc(C(F)(F)F)cc2)cn1. The summed E-state index contributed by atoms with van der Waals surface area (Å²) >= 11 is 0. The Hall–Kier alpha value is -1.98. The van der Waals surface area contributed by atoms with Crippen LogP contribution in [0, 0.1) is 0 Å². The number of alkyl halides is 3. The highest BCUT2D eigenvalue weighted by molar-refractivity contribution is 5.39. The second kappa shape index (κ2) is 5.34. The molecule has 0 amide bonds. The van der Waals surface area contributed by atoms with Crippen molar-refractivity contribution in [1.29, 1.82) is 0 Å². The van der Waals surface area contributed by atoms with E-state index in [1.54, 1.807) is 10.9 Å². The van der Waals surface area contributed by atoms with Gasteiger partial charge in [0.05, 0.1) is 17.4 Å². The van der Waals surface area contributed by atoms with E-state index >= 15 is 0 Å². The lowest BCUT2D eigenvalue weighted by Crippen LogP contribution is -2.05. The summed E-state index contributed by atoms with van der Waals surface area (Å²) in [7, 11) is 0. The van der Waals surface area contributed by atoms with Gasteiger partial charge in [-0.05, 0) is 24.6 Å². The minimum Gasteiger partial charge on any atom is -0.378 e. The Labute approximate surface area is 109 Å². The molecule has 0 spiro atoms. The zero-order chi connectivity index (χ0) is 13.9. The predicted octanol–water partition coefficient (Wildman–Crippen LogP) is 3.53. The Morgan fingerprint density at radius 1 is 1.21 bits per heavy atom. The van der Waals surface area contributed by atoms with Crippen molar-refractivity contribution in [3.8, 4) is 0 Å². The van der Waals surface area contributed by atoms with Crippen LogP contribution in [0.5, 0.6) is 0 Å². The van der Waals surface area contributed by atoms with Crippen LogP contribution in [0.1, 0.15) is 18.1 Å². The van der Waals surface area contributed by atoms with Gasteiger partial charge in [0, 0.05) is 19.3 Å². The smallest absolute Gasteiger partial charge is 0.378 e. The first-order chi connectivity index (χ1) is 8.99. The molecular weight excluding hydrogens is 255 g/mol. The van der Waals surface area contributed by atoms with E-state index in [2.05, 4.69) is 10.4 Å². The van der Waals surface area contributed by atoms with Crippen molar-refractivity contribution >= 4 is 5.69 Å². The molecule has 0 saturated heterocycles. The number of hydrogen-bond acceptors (Lipinski definition) is 2. The number of aryl methyl sites for hydroxylation is 1. The number of aromatic nitrogens is 2. The molecule has 0 saturated carbocycles. The van der Waals surface area contributed by atoms with Crippen LogP contribution in [-0.2, 0) is 19.3 Å². The third-order valence-corrected chi connectivity index (χ3v) is 2.74. The topological polar surface area (TPSA) is 29.9 Å². The fraction of sp³-hybridized carbons (Fsp3) is 0.308. The largest absolute Gasteiger partial charge is 0.416 e. The standard InChI is InChI=1S/C13H14F3N3/c1-2-19-9-12(8-18-19)17-7-10-3-5-11(6-4-10)13(14,15)16/h3-6,8-9,17H,2,7H2,1H3. The molecule has 0 aliphatic rings. The van der Waals surface area contributed by atoms with Crippen LogP contribution in [0.4, 0.5) is 18.9 Å². The van der Waals surface area contributed by atoms with Crippen LogP contribution in [0.3, 0.4) is 0 Å². The zero-order valence-corrected chi connectivity index (χ0v) is 10.4. The second-order valence-electron chi connectivity index (χ2n) is 4.13. The lowest BCUT2D eigenvalue weighted by molar-refractivity contribution is -0.137. The molecule has 0 bridgehead atoms. The van der Waals surface area contributed by atoms with Crippen LogP contribution in [0.2, 0.25) is 0 Å². The van der Waals surface area contributed by atoms with E-state index in [4.69, 9.17) is 0 Å². The Kier molecular flexibility index (Phi) is 3.78. The number of nitrogens with one attached hydrogen (secondary N) is 1. The Morgan fingerprint density at radius 2 is 1.89 bits per heavy atom. The first kappa shape index (κ1) is 13.5. The van der Waals surface area contributed by atoms with E-state index in [0.717, 1.165) is 29.9 Å². The van der Waals surface area contributed by atoms with Gasteiger partial charge < -0.3 is 5.32 Å². The van der Waals surface area contributed by atoms with Crippen molar-refractivity contribution in [2.75, 3.05) is 5.32 Å². The molecule has 1 aromatic heterocycles. The summed E-state index contributed by atoms with van der Waals surface area (Å²) in [4.78, 5) is 0. The maximum Gasteiger partial charge on any atom is 0.416 e. The summed E-state index contributed by atoms with van der Waals surface area (Å²) in [6, 6.07) is 5.12. The van der Waals surface area contributed by atoms with E-state index in [0.29, 0.717) is 6.54 Å². The molecule has 6 heteroatoms. The van der Waals surface area contributed by atoms with Crippen LogP contribution in [-0.4, -0.2) is 9.78 Å². The third kappa shape index (κ3) is 3.49. The van der Waals surface area contributed by atoms with Gasteiger partial charge in [-0.15, -0.1) is 0 Å². The lowest BCUT2D eigenvalue weighted by Gasteiger charge is -2.08. The van der Waals surface area contributed by atoms with Crippen molar-refractivity contribution < 1.29 is 13.2 Å². The van der Waals surface area contributed by atoms with Gasteiger partial charge in [0.25, 0.3) is 0 Å². The summed E-state index contributed by atoms with van der Waals surface area (Å²) in [5.41, 5.74) is 1.01. The fourth-order valence-electron chi connectivity index (χ4n) is 1.64. The highest BCUT2D eigenvalue weighted by Crippen LogP contribution is 2.29. The van der Waals surface area contributed by atoms with Crippen LogP contribution < -0.4 is 5.32 Å². The highest BCUT2D eigenvalue weighted by atomic mass is 19.4. The normalized spacial score (nSPS) is 11.6.